The Hall–Kier alpha value is -1.03. The van der Waals surface area contributed by atoms with Gasteiger partial charge in [-0.3, -0.25) is 0 Å². The lowest BCUT2D eigenvalue weighted by Gasteiger charge is -2.36. The first-order chi connectivity index (χ1) is 7.72. The summed E-state index contributed by atoms with van der Waals surface area (Å²) in [4.78, 5) is 6.79. The minimum Gasteiger partial charge on any atom is -0.356 e. The Morgan fingerprint density at radius 1 is 1.56 bits per heavy atom. The average Bonchev–Trinajstić information content (AvgIpc) is 2.71. The second-order valence-electron chi connectivity index (χ2n) is 4.70. The zero-order chi connectivity index (χ0) is 11.5. The second-order valence-corrected chi connectivity index (χ2v) is 4.70. The van der Waals surface area contributed by atoms with Gasteiger partial charge in [0.25, 0.3) is 0 Å². The number of nitrogens with zero attached hydrogens (tertiary/aromatic N) is 3. The topological polar surface area (TPSA) is 33.1 Å². The minimum atomic E-state index is 0.600. The smallest absolute Gasteiger partial charge is 0.203 e. The number of aromatic nitrogens is 2. The molecule has 1 fully saturated rings. The highest BCUT2D eigenvalue weighted by molar-refractivity contribution is 5.26. The largest absolute Gasteiger partial charge is 0.356 e. The molecule has 0 aliphatic carbocycles. The first kappa shape index (κ1) is 11.5. The highest BCUT2D eigenvalue weighted by Gasteiger charge is 2.24. The van der Waals surface area contributed by atoms with Crippen molar-refractivity contribution in [1.29, 1.82) is 0 Å². The fourth-order valence-electron chi connectivity index (χ4n) is 2.42. The number of hydrogen-bond donors (Lipinski definition) is 1. The predicted octanol–water partition coefficient (Wildman–Crippen LogP) is 1.97. The molecule has 0 amide bonds. The predicted molar refractivity (Wildman–Crippen MR) is 66.8 cm³/mol. The molecule has 1 saturated heterocycles. The molecule has 1 aromatic rings. The van der Waals surface area contributed by atoms with E-state index in [9.17, 15) is 0 Å². The van der Waals surface area contributed by atoms with Crippen molar-refractivity contribution in [3.8, 4) is 0 Å². The third-order valence-electron chi connectivity index (χ3n) is 3.58. The van der Waals surface area contributed by atoms with Crippen molar-refractivity contribution in [3.63, 3.8) is 0 Å². The van der Waals surface area contributed by atoms with Crippen LogP contribution in [-0.2, 0) is 0 Å². The fourth-order valence-corrected chi connectivity index (χ4v) is 2.42. The summed E-state index contributed by atoms with van der Waals surface area (Å²) < 4.78 is 2.30. The van der Waals surface area contributed by atoms with Gasteiger partial charge in [0.05, 0.1) is 0 Å². The van der Waals surface area contributed by atoms with Crippen LogP contribution in [-0.4, -0.2) is 40.6 Å². The Bertz CT molecular complexity index is 334. The van der Waals surface area contributed by atoms with Crippen molar-refractivity contribution in [2.75, 3.05) is 25.5 Å². The summed E-state index contributed by atoms with van der Waals surface area (Å²) >= 11 is 0. The van der Waals surface area contributed by atoms with E-state index in [0.29, 0.717) is 12.1 Å². The average molecular weight is 222 g/mol. The second kappa shape index (κ2) is 4.87. The van der Waals surface area contributed by atoms with Crippen molar-refractivity contribution in [2.45, 2.75) is 38.8 Å². The van der Waals surface area contributed by atoms with Gasteiger partial charge in [-0.15, -0.1) is 0 Å². The van der Waals surface area contributed by atoms with Gasteiger partial charge in [0.1, 0.15) is 0 Å². The molecule has 0 spiro atoms. The van der Waals surface area contributed by atoms with Crippen molar-refractivity contribution in [3.05, 3.63) is 12.4 Å². The molecular weight excluding hydrogens is 200 g/mol. The van der Waals surface area contributed by atoms with E-state index in [1.165, 1.54) is 19.4 Å². The zero-order valence-corrected chi connectivity index (χ0v) is 10.5. The van der Waals surface area contributed by atoms with E-state index >= 15 is 0 Å². The summed E-state index contributed by atoms with van der Waals surface area (Å²) in [5.41, 5.74) is 0. The normalized spacial score (nSPS) is 26.9. The third-order valence-corrected chi connectivity index (χ3v) is 3.58. The quantitative estimate of drug-likeness (QED) is 0.849. The lowest BCUT2D eigenvalue weighted by Crippen LogP contribution is -2.38. The molecule has 2 heterocycles. The van der Waals surface area contributed by atoms with Crippen LogP contribution >= 0.6 is 0 Å². The Morgan fingerprint density at radius 3 is 3.06 bits per heavy atom. The maximum atomic E-state index is 4.36. The molecular formula is C12H22N4. The van der Waals surface area contributed by atoms with E-state index in [-0.39, 0.29) is 0 Å². The molecule has 0 aromatic carbocycles. The molecule has 0 saturated carbocycles. The standard InChI is InChI=1S/C12H22N4/c1-4-13-12-14-6-8-16(12)11-5-7-15(3)10(2)9-11/h6,8,10-11H,4-5,7,9H2,1-3H3,(H,13,14). The first-order valence-corrected chi connectivity index (χ1v) is 6.19. The van der Waals surface area contributed by atoms with Crippen molar-refractivity contribution in [2.24, 2.45) is 0 Å². The number of imidazole rings is 1. The summed E-state index contributed by atoms with van der Waals surface area (Å²) in [6.45, 7) is 6.51. The van der Waals surface area contributed by atoms with Gasteiger partial charge in [0.15, 0.2) is 0 Å². The third kappa shape index (κ3) is 2.21. The summed E-state index contributed by atoms with van der Waals surface area (Å²) in [7, 11) is 2.21. The van der Waals surface area contributed by atoms with Gasteiger partial charge in [-0.2, -0.15) is 0 Å². The van der Waals surface area contributed by atoms with Crippen LogP contribution < -0.4 is 5.32 Å². The van der Waals surface area contributed by atoms with Gasteiger partial charge in [-0.1, -0.05) is 0 Å². The molecule has 0 bridgehead atoms. The summed E-state index contributed by atoms with van der Waals surface area (Å²) in [6, 6.07) is 1.26. The van der Waals surface area contributed by atoms with E-state index in [0.717, 1.165) is 12.5 Å². The molecule has 4 nitrogen and oxygen atoms in total. The Morgan fingerprint density at radius 2 is 2.38 bits per heavy atom. The molecule has 2 rings (SSSR count). The molecule has 4 heteroatoms. The van der Waals surface area contributed by atoms with Crippen LogP contribution in [0.2, 0.25) is 0 Å². The molecule has 90 valence electrons. The van der Waals surface area contributed by atoms with Gasteiger partial charge in [-0.05, 0) is 33.7 Å². The Kier molecular flexibility index (Phi) is 3.49. The SMILES string of the molecule is CCNc1nccn1C1CCN(C)C(C)C1. The maximum absolute atomic E-state index is 4.36. The lowest BCUT2D eigenvalue weighted by atomic mass is 9.99. The summed E-state index contributed by atoms with van der Waals surface area (Å²) in [5, 5.41) is 3.32. The zero-order valence-electron chi connectivity index (χ0n) is 10.5. The van der Waals surface area contributed by atoms with Gasteiger partial charge >= 0.3 is 0 Å². The van der Waals surface area contributed by atoms with E-state index in [1.54, 1.807) is 0 Å². The van der Waals surface area contributed by atoms with Crippen LogP contribution in [0.15, 0.2) is 12.4 Å². The molecule has 1 aliphatic rings. The first-order valence-electron chi connectivity index (χ1n) is 6.19. The number of rotatable bonds is 3. The Balaban J connectivity index is 2.09. The van der Waals surface area contributed by atoms with E-state index < -0.39 is 0 Å². The van der Waals surface area contributed by atoms with Crippen molar-refractivity contribution in [1.82, 2.24) is 14.5 Å². The van der Waals surface area contributed by atoms with Crippen LogP contribution in [0.3, 0.4) is 0 Å². The highest BCUT2D eigenvalue weighted by atomic mass is 15.2. The van der Waals surface area contributed by atoms with Crippen LogP contribution in [0.1, 0.15) is 32.7 Å². The summed E-state index contributed by atoms with van der Waals surface area (Å²) in [6.07, 6.45) is 6.42. The van der Waals surface area contributed by atoms with Crippen LogP contribution in [0.5, 0.6) is 0 Å². The van der Waals surface area contributed by atoms with Crippen molar-refractivity contribution >= 4 is 5.95 Å². The molecule has 2 unspecified atom stereocenters. The van der Waals surface area contributed by atoms with Crippen LogP contribution in [0.4, 0.5) is 5.95 Å². The minimum absolute atomic E-state index is 0.600. The lowest BCUT2D eigenvalue weighted by molar-refractivity contribution is 0.157. The Labute approximate surface area is 97.7 Å². The van der Waals surface area contributed by atoms with Crippen molar-refractivity contribution < 1.29 is 0 Å². The number of nitrogens with one attached hydrogen (secondary N) is 1. The van der Waals surface area contributed by atoms with Gasteiger partial charge in [0.2, 0.25) is 5.95 Å². The molecule has 16 heavy (non-hydrogen) atoms. The maximum Gasteiger partial charge on any atom is 0.203 e. The van der Waals surface area contributed by atoms with Gasteiger partial charge in [-0.25, -0.2) is 4.98 Å². The molecule has 1 N–H and O–H groups in total. The molecule has 0 radical (unpaired) electrons. The number of hydrogen-bond acceptors (Lipinski definition) is 3. The van der Waals surface area contributed by atoms with E-state index in [4.69, 9.17) is 0 Å². The number of likely N-dealkylation sites (tertiary alicyclic amines) is 1. The number of piperidine rings is 1. The van der Waals surface area contributed by atoms with E-state index in [1.807, 2.05) is 6.20 Å². The monoisotopic (exact) mass is 222 g/mol. The molecule has 1 aromatic heterocycles. The van der Waals surface area contributed by atoms with Gasteiger partial charge < -0.3 is 14.8 Å². The summed E-state index contributed by atoms with van der Waals surface area (Å²) in [5.74, 6) is 1.02. The van der Waals surface area contributed by atoms with Gasteiger partial charge in [0, 0.05) is 37.6 Å². The number of anilines is 1. The van der Waals surface area contributed by atoms with E-state index in [2.05, 4.69) is 46.9 Å². The fraction of sp³-hybridized carbons (Fsp3) is 0.750. The highest BCUT2D eigenvalue weighted by Crippen LogP contribution is 2.28. The molecule has 1 aliphatic heterocycles. The van der Waals surface area contributed by atoms with Crippen LogP contribution in [0, 0.1) is 0 Å². The molecule has 2 atom stereocenters. The van der Waals surface area contributed by atoms with Crippen LogP contribution in [0.25, 0.3) is 0 Å².